The second kappa shape index (κ2) is 5.52. The topological polar surface area (TPSA) is 21.7 Å². The maximum atomic E-state index is 6.10. The Hall–Kier alpha value is -0.420. The van der Waals surface area contributed by atoms with Crippen LogP contribution in [0.5, 0.6) is 0 Å². The maximum absolute atomic E-state index is 6.10. The third-order valence-electron chi connectivity index (χ3n) is 4.46. The molecule has 4 heteroatoms. The van der Waals surface area contributed by atoms with Gasteiger partial charge in [-0.2, -0.15) is 0 Å². The number of likely N-dealkylation sites (tertiary alicyclic amines) is 1. The van der Waals surface area contributed by atoms with Crippen LogP contribution in [0.1, 0.15) is 29.7 Å². The summed E-state index contributed by atoms with van der Waals surface area (Å²) in [4.78, 5) is 4.05. The number of aryl methyl sites for hydroxylation is 1. The number of nitrogens with zero attached hydrogens (tertiary/aromatic N) is 1. The van der Waals surface area contributed by atoms with Gasteiger partial charge in [-0.25, -0.2) is 0 Å². The van der Waals surface area contributed by atoms with Crippen LogP contribution in [0, 0.1) is 6.92 Å². The van der Waals surface area contributed by atoms with Crippen LogP contribution >= 0.6 is 11.3 Å². The Bertz CT molecular complexity index is 434. The molecule has 0 aliphatic carbocycles. The summed E-state index contributed by atoms with van der Waals surface area (Å²) in [5.41, 5.74) is 1.48. The molecular weight excluding hydrogens is 258 g/mol. The molecule has 0 amide bonds. The van der Waals surface area contributed by atoms with Crippen molar-refractivity contribution in [2.45, 2.75) is 44.4 Å². The van der Waals surface area contributed by atoms with E-state index in [1.165, 1.54) is 29.8 Å². The Labute approximate surface area is 119 Å². The van der Waals surface area contributed by atoms with Crippen LogP contribution in [-0.4, -0.2) is 43.4 Å². The standard InChI is InChI=1S/C15H23NO2S/c1-12-4-7-19-14(12)9-16-6-3-5-15(11-16)8-13(17-2)10-18-15/h4,7,13H,3,5-6,8-11H2,1-2H3/t13-,15-/m0/s1. The molecule has 2 aliphatic heterocycles. The lowest BCUT2D eigenvalue weighted by Crippen LogP contribution is -2.47. The van der Waals surface area contributed by atoms with E-state index < -0.39 is 0 Å². The first-order valence-corrected chi connectivity index (χ1v) is 8.01. The Balaban J connectivity index is 1.64. The van der Waals surface area contributed by atoms with Crippen molar-refractivity contribution in [3.63, 3.8) is 0 Å². The molecule has 3 nitrogen and oxygen atoms in total. The molecule has 2 fully saturated rings. The van der Waals surface area contributed by atoms with Crippen LogP contribution in [0.2, 0.25) is 0 Å². The summed E-state index contributed by atoms with van der Waals surface area (Å²) in [6, 6.07) is 2.22. The molecule has 0 unspecified atom stereocenters. The van der Waals surface area contributed by atoms with Gasteiger partial charge in [0.15, 0.2) is 0 Å². The largest absolute Gasteiger partial charge is 0.379 e. The molecule has 3 rings (SSSR count). The van der Waals surface area contributed by atoms with Gasteiger partial charge in [-0.05, 0) is 43.3 Å². The molecular formula is C15H23NO2S. The highest BCUT2D eigenvalue weighted by molar-refractivity contribution is 7.10. The zero-order chi connectivity index (χ0) is 13.3. The normalized spacial score (nSPS) is 32.2. The van der Waals surface area contributed by atoms with E-state index in [9.17, 15) is 0 Å². The average molecular weight is 281 g/mol. The van der Waals surface area contributed by atoms with Crippen molar-refractivity contribution in [3.8, 4) is 0 Å². The molecule has 2 atom stereocenters. The molecule has 2 aliphatic rings. The van der Waals surface area contributed by atoms with Gasteiger partial charge in [-0.3, -0.25) is 4.90 Å². The molecule has 3 heterocycles. The van der Waals surface area contributed by atoms with Gasteiger partial charge in [0.2, 0.25) is 0 Å². The van der Waals surface area contributed by atoms with Crippen molar-refractivity contribution in [3.05, 3.63) is 21.9 Å². The van der Waals surface area contributed by atoms with E-state index in [4.69, 9.17) is 9.47 Å². The highest BCUT2D eigenvalue weighted by atomic mass is 32.1. The third kappa shape index (κ3) is 2.87. The molecule has 1 aromatic heterocycles. The predicted octanol–water partition coefficient (Wildman–Crippen LogP) is 2.83. The lowest BCUT2D eigenvalue weighted by molar-refractivity contribution is -0.0540. The average Bonchev–Trinajstić information content (AvgIpc) is 2.98. The van der Waals surface area contributed by atoms with E-state index in [1.54, 1.807) is 7.11 Å². The zero-order valence-corrected chi connectivity index (χ0v) is 12.7. The van der Waals surface area contributed by atoms with Gasteiger partial charge in [-0.1, -0.05) is 0 Å². The van der Waals surface area contributed by atoms with Crippen molar-refractivity contribution in [1.29, 1.82) is 0 Å². The smallest absolute Gasteiger partial charge is 0.0836 e. The Morgan fingerprint density at radius 1 is 1.58 bits per heavy atom. The third-order valence-corrected chi connectivity index (χ3v) is 5.47. The second-order valence-corrected chi connectivity index (χ2v) is 6.90. The van der Waals surface area contributed by atoms with Crippen molar-refractivity contribution >= 4 is 11.3 Å². The number of ether oxygens (including phenoxy) is 2. The molecule has 19 heavy (non-hydrogen) atoms. The first kappa shape index (κ1) is 13.6. The van der Waals surface area contributed by atoms with Crippen molar-refractivity contribution in [1.82, 2.24) is 4.90 Å². The highest BCUT2D eigenvalue weighted by Crippen LogP contribution is 2.36. The number of thiophene rings is 1. The molecule has 0 bridgehead atoms. The fraction of sp³-hybridized carbons (Fsp3) is 0.733. The minimum Gasteiger partial charge on any atom is -0.379 e. The molecule has 0 saturated carbocycles. The quantitative estimate of drug-likeness (QED) is 0.850. The number of hydrogen-bond donors (Lipinski definition) is 0. The monoisotopic (exact) mass is 281 g/mol. The van der Waals surface area contributed by atoms with Crippen LogP contribution in [-0.2, 0) is 16.0 Å². The number of rotatable bonds is 3. The first-order valence-electron chi connectivity index (χ1n) is 7.13. The molecule has 1 spiro atoms. The van der Waals surface area contributed by atoms with Crippen molar-refractivity contribution in [2.24, 2.45) is 0 Å². The molecule has 0 N–H and O–H groups in total. The van der Waals surface area contributed by atoms with Crippen LogP contribution in [0.4, 0.5) is 0 Å². The van der Waals surface area contributed by atoms with E-state index >= 15 is 0 Å². The Morgan fingerprint density at radius 3 is 3.16 bits per heavy atom. The van der Waals surface area contributed by atoms with Gasteiger partial charge >= 0.3 is 0 Å². The van der Waals surface area contributed by atoms with Crippen LogP contribution in [0.25, 0.3) is 0 Å². The Kier molecular flexibility index (Phi) is 3.94. The van der Waals surface area contributed by atoms with Crippen LogP contribution < -0.4 is 0 Å². The SMILES string of the molecule is CO[C@@H]1CO[C@@]2(CCCN(Cc3sccc3C)C2)C1. The molecule has 106 valence electrons. The molecule has 1 aromatic rings. The van der Waals surface area contributed by atoms with Gasteiger partial charge in [0.25, 0.3) is 0 Å². The van der Waals surface area contributed by atoms with Gasteiger partial charge in [-0.15, -0.1) is 11.3 Å². The van der Waals surface area contributed by atoms with E-state index in [0.29, 0.717) is 6.10 Å². The second-order valence-electron chi connectivity index (χ2n) is 5.90. The van der Waals surface area contributed by atoms with Crippen molar-refractivity contribution in [2.75, 3.05) is 26.8 Å². The Morgan fingerprint density at radius 2 is 2.47 bits per heavy atom. The summed E-state index contributed by atoms with van der Waals surface area (Å²) in [6.07, 6.45) is 3.78. The van der Waals surface area contributed by atoms with E-state index in [2.05, 4.69) is 23.3 Å². The molecule has 2 saturated heterocycles. The van der Waals surface area contributed by atoms with Gasteiger partial charge in [0.05, 0.1) is 18.3 Å². The minimum atomic E-state index is 0.0596. The molecule has 0 radical (unpaired) electrons. The van der Waals surface area contributed by atoms with E-state index in [1.807, 2.05) is 11.3 Å². The maximum Gasteiger partial charge on any atom is 0.0836 e. The van der Waals surface area contributed by atoms with Gasteiger partial charge in [0, 0.05) is 31.5 Å². The minimum absolute atomic E-state index is 0.0596. The summed E-state index contributed by atoms with van der Waals surface area (Å²) in [7, 11) is 1.79. The predicted molar refractivity (Wildman–Crippen MR) is 77.7 cm³/mol. The lowest BCUT2D eigenvalue weighted by atomic mass is 9.89. The number of methoxy groups -OCH3 is 1. The molecule has 0 aromatic carbocycles. The van der Waals surface area contributed by atoms with E-state index in [0.717, 1.165) is 26.1 Å². The summed E-state index contributed by atoms with van der Waals surface area (Å²) in [5, 5.41) is 2.19. The first-order chi connectivity index (χ1) is 9.21. The summed E-state index contributed by atoms with van der Waals surface area (Å²) < 4.78 is 11.6. The van der Waals surface area contributed by atoms with Gasteiger partial charge in [0.1, 0.15) is 0 Å². The number of hydrogen-bond acceptors (Lipinski definition) is 4. The summed E-state index contributed by atoms with van der Waals surface area (Å²) in [5.74, 6) is 0. The van der Waals surface area contributed by atoms with Crippen molar-refractivity contribution < 1.29 is 9.47 Å². The summed E-state index contributed by atoms with van der Waals surface area (Å²) >= 11 is 1.87. The number of piperidine rings is 1. The fourth-order valence-corrected chi connectivity index (χ4v) is 4.28. The van der Waals surface area contributed by atoms with Crippen LogP contribution in [0.3, 0.4) is 0 Å². The zero-order valence-electron chi connectivity index (χ0n) is 11.9. The highest BCUT2D eigenvalue weighted by Gasteiger charge is 2.43. The van der Waals surface area contributed by atoms with E-state index in [-0.39, 0.29) is 5.60 Å². The fourth-order valence-electron chi connectivity index (χ4n) is 3.33. The van der Waals surface area contributed by atoms with Crippen LogP contribution in [0.15, 0.2) is 11.4 Å². The van der Waals surface area contributed by atoms with Gasteiger partial charge < -0.3 is 9.47 Å². The summed E-state index contributed by atoms with van der Waals surface area (Å²) in [6.45, 7) is 6.30. The lowest BCUT2D eigenvalue weighted by Gasteiger charge is -2.39.